The number of likely N-dealkylation sites (tertiary alicyclic amines) is 3. The van der Waals surface area contributed by atoms with Crippen molar-refractivity contribution in [1.82, 2.24) is 41.3 Å². The predicted octanol–water partition coefficient (Wildman–Crippen LogP) is -0.258. The number of aliphatic carboxylic acids is 1. The van der Waals surface area contributed by atoms with Crippen molar-refractivity contribution in [2.24, 2.45) is 22.2 Å². The summed E-state index contributed by atoms with van der Waals surface area (Å²) < 4.78 is 0.600. The van der Waals surface area contributed by atoms with Gasteiger partial charge >= 0.3 is 5.97 Å². The van der Waals surface area contributed by atoms with Gasteiger partial charge in [0.05, 0.1) is 22.8 Å². The summed E-state index contributed by atoms with van der Waals surface area (Å²) in [5.74, 6) is -7.35. The van der Waals surface area contributed by atoms with Gasteiger partial charge in [0.2, 0.25) is 47.3 Å². The Morgan fingerprint density at radius 2 is 1.14 bits per heavy atom. The van der Waals surface area contributed by atoms with Crippen LogP contribution in [0, 0.1) is 3.57 Å². The Balaban J connectivity index is 0.984. The van der Waals surface area contributed by atoms with E-state index < -0.39 is 115 Å². The lowest BCUT2D eigenvalue weighted by molar-refractivity contribution is -0.147. The Bertz CT molecular complexity index is 3130. The Hall–Kier alpha value is -8.50. The van der Waals surface area contributed by atoms with E-state index in [1.807, 2.05) is 22.6 Å². The van der Waals surface area contributed by atoms with Crippen LogP contribution in [-0.4, -0.2) is 183 Å². The topological polar surface area (TPSA) is 392 Å². The Kier molecular flexibility index (Phi) is 23.5. The number of carbonyl (C=O) groups excluding carboxylic acids is 9. The highest BCUT2D eigenvalue weighted by Crippen LogP contribution is 2.27. The van der Waals surface area contributed by atoms with E-state index >= 15 is 0 Å². The third-order valence-corrected chi connectivity index (χ3v) is 16.2. The van der Waals surface area contributed by atoms with E-state index in [1.165, 1.54) is 15.9 Å². The van der Waals surface area contributed by atoms with Gasteiger partial charge in [-0.3, -0.25) is 48.1 Å². The van der Waals surface area contributed by atoms with Gasteiger partial charge in [-0.05, 0) is 109 Å². The maximum atomic E-state index is 14.3. The molecule has 0 aromatic heterocycles. The zero-order valence-corrected chi connectivity index (χ0v) is 49.4. The third kappa shape index (κ3) is 17.6. The second kappa shape index (κ2) is 31.1. The van der Waals surface area contributed by atoms with E-state index in [2.05, 4.69) is 31.6 Å². The largest absolute Gasteiger partial charge is 0.507 e. The lowest BCUT2D eigenvalue weighted by atomic mass is 9.99. The highest BCUT2D eigenvalue weighted by molar-refractivity contribution is 14.1. The maximum Gasteiger partial charge on any atom is 0.326 e. The number of guanidine groups is 1. The number of benzene rings is 4. The molecule has 0 unspecified atom stereocenters. The van der Waals surface area contributed by atoms with Crippen molar-refractivity contribution >= 4 is 87.6 Å². The maximum absolute atomic E-state index is 14.3. The fraction of sp³-hybridized carbons (Fsp3) is 0.417. The lowest BCUT2D eigenvalue weighted by Crippen LogP contribution is -2.60. The van der Waals surface area contributed by atoms with Gasteiger partial charge in [0.25, 0.3) is 0 Å². The summed E-state index contributed by atoms with van der Waals surface area (Å²) in [5.41, 5.74) is 19.8. The number of aromatic hydroxyl groups is 1. The number of nitrogens with zero attached hydrogens (tertiary/aromatic N) is 4. The minimum atomic E-state index is -1.63. The summed E-state index contributed by atoms with van der Waals surface area (Å²) in [6.07, 6.45) is 2.12. The summed E-state index contributed by atoms with van der Waals surface area (Å²) >= 11 is 1.98. The molecule has 0 radical (unpaired) electrons. The Morgan fingerprint density at radius 1 is 0.605 bits per heavy atom. The van der Waals surface area contributed by atoms with Crippen LogP contribution in [0.1, 0.15) is 84.0 Å². The minimum Gasteiger partial charge on any atom is -0.507 e. The second-order valence-electron chi connectivity index (χ2n) is 21.4. The second-order valence-corrected chi connectivity index (χ2v) is 22.6. The SMILES string of the molecule is NC(N)=NCCC[C@H](NC(=O)[C@H](Cc1ccc(C(=O)c2ccccc2)cc1)NC(=O)[C@@H]1CCCN1C(=O)[C@H](CO)NC(=O)[C@H](Cc1ccccc1)NC(=O)CNC(=O)[C@@H]1CCCN1C(=O)[C@@H]1CCCN1C(=O)[C@@H](N)Cc1ccc(O)c(I)c1)C(=O)O. The minimum absolute atomic E-state index is 0.00861. The first-order valence-electron chi connectivity index (χ1n) is 28.5. The highest BCUT2D eigenvalue weighted by Gasteiger charge is 2.44. The number of hydrogen-bond acceptors (Lipinski definition) is 14. The number of nitrogens with two attached hydrogens (primary N) is 3. The first-order valence-corrected chi connectivity index (χ1v) is 29.5. The molecule has 0 saturated carbocycles. The van der Waals surface area contributed by atoms with Gasteiger partial charge in [-0.25, -0.2) is 4.79 Å². The molecule has 7 rings (SSSR count). The average molecular weight is 1300 g/mol. The zero-order chi connectivity index (χ0) is 62.0. The number of ketones is 1. The van der Waals surface area contributed by atoms with Crippen LogP contribution in [0.25, 0.3) is 0 Å². The fourth-order valence-electron chi connectivity index (χ4n) is 10.9. The molecule has 3 fully saturated rings. The van der Waals surface area contributed by atoms with Crippen molar-refractivity contribution in [3.05, 3.63) is 135 Å². The zero-order valence-electron chi connectivity index (χ0n) is 47.3. The number of nitrogens with one attached hydrogen (secondary N) is 5. The van der Waals surface area contributed by atoms with E-state index in [0.717, 1.165) is 10.5 Å². The lowest BCUT2D eigenvalue weighted by Gasteiger charge is -2.32. The normalized spacial score (nSPS) is 18.1. The van der Waals surface area contributed by atoms with Crippen LogP contribution in [0.3, 0.4) is 0 Å². The molecule has 8 atom stereocenters. The molecule has 4 aromatic carbocycles. The standard InChI is InChI=1S/C60H73IN12O13/c61-40-29-37(21-24-49(40)75)30-41(62)56(82)73-28-10-18-48(73)58(84)72-27-8-16-46(72)54(80)66-33-50(76)67-43(31-35-11-3-1-4-12-35)52(78)70-45(34-74)57(83)71-26-9-17-47(71)55(81)69-44(53(79)68-42(59(85)86)15-7-25-65-60(63)64)32-36-19-22-39(23-20-36)51(77)38-13-5-2-6-14-38/h1-6,11-14,19-24,29,41-48,74-75H,7-10,15-18,25-28,30-34,62H2,(H,66,80)(H,67,76)(H,68,79)(H,69,81)(H,70,78)(H,85,86)(H4,63,64,65)/t41-,42-,43-,44-,45-,46-,47-,48-/m0/s1. The molecule has 14 N–H and O–H groups in total. The van der Waals surface area contributed by atoms with Gasteiger partial charge in [-0.2, -0.15) is 0 Å². The molecule has 86 heavy (non-hydrogen) atoms. The van der Waals surface area contributed by atoms with Gasteiger partial charge in [-0.1, -0.05) is 91.0 Å². The molecule has 25 nitrogen and oxygen atoms in total. The molecule has 26 heteroatoms. The molecule has 3 aliphatic rings. The Morgan fingerprint density at radius 3 is 1.74 bits per heavy atom. The van der Waals surface area contributed by atoms with Crippen molar-refractivity contribution < 1.29 is 63.3 Å². The number of carbonyl (C=O) groups is 10. The van der Waals surface area contributed by atoms with Crippen molar-refractivity contribution in [1.29, 1.82) is 0 Å². The first kappa shape index (κ1) is 65.1. The smallest absolute Gasteiger partial charge is 0.326 e. The number of aliphatic hydroxyl groups is 1. The summed E-state index contributed by atoms with van der Waals surface area (Å²) in [4.78, 5) is 145. The summed E-state index contributed by atoms with van der Waals surface area (Å²) in [6.45, 7) is -0.917. The van der Waals surface area contributed by atoms with Gasteiger partial charge in [-0.15, -0.1) is 0 Å². The number of hydrogen-bond donors (Lipinski definition) is 11. The fourth-order valence-corrected chi connectivity index (χ4v) is 11.4. The molecule has 3 heterocycles. The Labute approximate surface area is 510 Å². The molecular weight excluding hydrogens is 1220 g/mol. The molecule has 0 bridgehead atoms. The van der Waals surface area contributed by atoms with Crippen LogP contribution in [0.4, 0.5) is 0 Å². The number of rotatable bonds is 27. The van der Waals surface area contributed by atoms with Crippen molar-refractivity contribution in [3.8, 4) is 5.75 Å². The molecule has 458 valence electrons. The van der Waals surface area contributed by atoms with Gasteiger partial charge in [0.1, 0.15) is 48.0 Å². The van der Waals surface area contributed by atoms with Crippen LogP contribution in [0.15, 0.2) is 108 Å². The number of halogens is 1. The summed E-state index contributed by atoms with van der Waals surface area (Å²) in [7, 11) is 0. The predicted molar refractivity (Wildman–Crippen MR) is 322 cm³/mol. The number of aliphatic imine (C=N–C) groups is 1. The van der Waals surface area contributed by atoms with Crippen LogP contribution in [0.2, 0.25) is 0 Å². The van der Waals surface area contributed by atoms with Crippen molar-refractivity contribution in [2.75, 3.05) is 39.3 Å². The van der Waals surface area contributed by atoms with E-state index in [0.29, 0.717) is 58.1 Å². The van der Waals surface area contributed by atoms with Gasteiger partial charge in [0, 0.05) is 50.1 Å². The van der Waals surface area contributed by atoms with E-state index in [1.54, 1.807) is 97.1 Å². The average Bonchev–Trinajstić information content (AvgIpc) is 3.39. The van der Waals surface area contributed by atoms with E-state index in [9.17, 15) is 63.3 Å². The molecule has 0 aliphatic carbocycles. The quantitative estimate of drug-likeness (QED) is 0.0120. The molecular formula is C60H73IN12O13. The van der Waals surface area contributed by atoms with Crippen LogP contribution in [-0.2, 0) is 62.4 Å². The summed E-state index contributed by atoms with van der Waals surface area (Å²) in [5, 5.41) is 43.5. The molecule has 3 aliphatic heterocycles. The van der Waals surface area contributed by atoms with Crippen molar-refractivity contribution in [3.63, 3.8) is 0 Å². The molecule has 3 saturated heterocycles. The number of phenols is 1. The third-order valence-electron chi connectivity index (χ3n) is 15.3. The number of aliphatic hydroxyl groups excluding tert-OH is 1. The number of amides is 8. The summed E-state index contributed by atoms with van der Waals surface area (Å²) in [6, 6.07) is 18.6. The monoisotopic (exact) mass is 1300 g/mol. The van der Waals surface area contributed by atoms with Crippen LogP contribution in [0.5, 0.6) is 5.75 Å². The van der Waals surface area contributed by atoms with Gasteiger partial charge in [0.15, 0.2) is 11.7 Å². The van der Waals surface area contributed by atoms with Crippen molar-refractivity contribution in [2.45, 2.75) is 119 Å². The molecule has 8 amide bonds. The number of carboxylic acid groups (broad SMARTS) is 1. The van der Waals surface area contributed by atoms with Gasteiger partial charge < -0.3 is 73.8 Å². The highest BCUT2D eigenvalue weighted by atomic mass is 127. The number of carboxylic acids is 1. The molecule has 4 aromatic rings. The molecule has 0 spiro atoms. The van der Waals surface area contributed by atoms with Crippen LogP contribution < -0.4 is 43.8 Å². The van der Waals surface area contributed by atoms with E-state index in [4.69, 9.17) is 17.2 Å². The first-order chi connectivity index (χ1) is 41.2. The number of phenolic OH excluding ortho intramolecular Hbond substituents is 1. The van der Waals surface area contributed by atoms with Crippen LogP contribution >= 0.6 is 22.6 Å². The van der Waals surface area contributed by atoms with E-state index in [-0.39, 0.29) is 82.1 Å².